The lowest BCUT2D eigenvalue weighted by molar-refractivity contribution is 1.12. The maximum Gasteiger partial charge on any atom is 0.116 e. The second kappa shape index (κ2) is 10.8. The molecule has 6 aromatic rings. The van der Waals surface area contributed by atoms with Gasteiger partial charge in [-0.25, -0.2) is 0 Å². The number of aromatic amines is 2. The summed E-state index contributed by atoms with van der Waals surface area (Å²) in [5.74, 6) is 0. The van der Waals surface area contributed by atoms with Crippen LogP contribution in [0.2, 0.25) is 0 Å². The number of benzene rings is 3. The molecule has 0 bridgehead atoms. The van der Waals surface area contributed by atoms with Crippen LogP contribution >= 0.6 is 0 Å². The monoisotopic (exact) mass is 519 g/mol. The van der Waals surface area contributed by atoms with Crippen LogP contribution < -0.4 is 5.32 Å². The highest BCUT2D eigenvalue weighted by atomic mass is 15.1. The lowest BCUT2D eigenvalue weighted by atomic mass is 10.0. The number of allylic oxidation sites excluding steroid dienone is 4. The van der Waals surface area contributed by atoms with Gasteiger partial charge in [-0.05, 0) is 83.3 Å². The van der Waals surface area contributed by atoms with Crippen molar-refractivity contribution in [1.82, 2.24) is 25.5 Å². The fraction of sp³-hybridized carbons (Fsp3) is 0.0286. The summed E-state index contributed by atoms with van der Waals surface area (Å²) in [6, 6.07) is 29.0. The van der Waals surface area contributed by atoms with Crippen molar-refractivity contribution < 1.29 is 0 Å². The average molecular weight is 520 g/mol. The molecule has 0 atom stereocenters. The first-order chi connectivity index (χ1) is 19.6. The summed E-state index contributed by atoms with van der Waals surface area (Å²) < 4.78 is 0. The van der Waals surface area contributed by atoms with Crippen LogP contribution in [-0.4, -0.2) is 20.2 Å². The summed E-state index contributed by atoms with van der Waals surface area (Å²) in [7, 11) is 0. The summed E-state index contributed by atoms with van der Waals surface area (Å²) in [6.45, 7) is 10.3. The Morgan fingerprint density at radius 1 is 0.850 bits per heavy atom. The van der Waals surface area contributed by atoms with Gasteiger partial charge in [0.05, 0.1) is 11.2 Å². The minimum absolute atomic E-state index is 0.819. The molecule has 0 amide bonds. The Hall–Kier alpha value is -5.42. The van der Waals surface area contributed by atoms with Gasteiger partial charge in [-0.1, -0.05) is 67.8 Å². The Morgan fingerprint density at radius 3 is 2.45 bits per heavy atom. The van der Waals surface area contributed by atoms with Crippen LogP contribution in [-0.2, 0) is 0 Å². The lowest BCUT2D eigenvalue weighted by Gasteiger charge is -2.12. The Labute approximate surface area is 233 Å². The van der Waals surface area contributed by atoms with Gasteiger partial charge >= 0.3 is 0 Å². The van der Waals surface area contributed by atoms with Crippen LogP contribution in [0.4, 0.5) is 0 Å². The van der Waals surface area contributed by atoms with E-state index < -0.39 is 0 Å². The lowest BCUT2D eigenvalue weighted by Crippen LogP contribution is -2.09. The third-order valence-electron chi connectivity index (χ3n) is 7.07. The SMILES string of the molecule is C=C/C(=C\C(=C/C)c1ccc2[nH]nc(-c3cc4c(-c5ccncc5)cccc4[nH]3)c2c1)NC(=C)c1ccccc1. The number of fused-ring (bicyclic) bond motifs is 2. The standard InChI is InChI=1S/C35H29N5/c1-4-24(20-28(5-2)37-23(3)25-10-7-6-8-11-25)27-14-15-33-31(21-27)35(40-39-33)34-22-30-29(12-9-13-32(30)38-34)26-16-18-36-19-17-26/h4-22,37-38H,2-3H2,1H3,(H,39,40)/b24-4+,28-20+. The van der Waals surface area contributed by atoms with Crippen LogP contribution in [0.1, 0.15) is 18.1 Å². The van der Waals surface area contributed by atoms with E-state index in [9.17, 15) is 0 Å². The highest BCUT2D eigenvalue weighted by Crippen LogP contribution is 2.35. The van der Waals surface area contributed by atoms with Gasteiger partial charge in [0.15, 0.2) is 0 Å². The second-order valence-corrected chi connectivity index (χ2v) is 9.54. The maximum atomic E-state index is 4.70. The summed E-state index contributed by atoms with van der Waals surface area (Å²) in [5.41, 5.74) is 11.0. The van der Waals surface area contributed by atoms with Crippen molar-refractivity contribution >= 4 is 33.1 Å². The van der Waals surface area contributed by atoms with Crippen molar-refractivity contribution in [3.8, 4) is 22.5 Å². The van der Waals surface area contributed by atoms with Crippen LogP contribution in [0.15, 0.2) is 134 Å². The highest BCUT2D eigenvalue weighted by molar-refractivity contribution is 6.01. The fourth-order valence-electron chi connectivity index (χ4n) is 5.00. The summed E-state index contributed by atoms with van der Waals surface area (Å²) in [4.78, 5) is 7.75. The molecule has 0 saturated carbocycles. The maximum absolute atomic E-state index is 4.70. The minimum atomic E-state index is 0.819. The molecule has 194 valence electrons. The van der Waals surface area contributed by atoms with Gasteiger partial charge < -0.3 is 10.3 Å². The second-order valence-electron chi connectivity index (χ2n) is 9.54. The van der Waals surface area contributed by atoms with Crippen LogP contribution in [0, 0.1) is 0 Å². The third kappa shape index (κ3) is 4.76. The predicted octanol–water partition coefficient (Wildman–Crippen LogP) is 8.51. The molecule has 0 aliphatic heterocycles. The molecule has 0 radical (unpaired) electrons. The molecule has 0 aliphatic carbocycles. The number of hydrogen-bond acceptors (Lipinski definition) is 3. The van der Waals surface area contributed by atoms with Gasteiger partial charge in [0.2, 0.25) is 0 Å². The van der Waals surface area contributed by atoms with Gasteiger partial charge in [0, 0.05) is 40.1 Å². The van der Waals surface area contributed by atoms with Crippen molar-refractivity contribution in [2.24, 2.45) is 0 Å². The number of nitrogens with one attached hydrogen (secondary N) is 3. The molecule has 3 N–H and O–H groups in total. The molecule has 6 rings (SSSR count). The van der Waals surface area contributed by atoms with Crippen LogP contribution in [0.3, 0.4) is 0 Å². The highest BCUT2D eigenvalue weighted by Gasteiger charge is 2.14. The predicted molar refractivity (Wildman–Crippen MR) is 167 cm³/mol. The van der Waals surface area contributed by atoms with Crippen molar-refractivity contribution in [3.05, 3.63) is 146 Å². The van der Waals surface area contributed by atoms with Crippen molar-refractivity contribution in [1.29, 1.82) is 0 Å². The largest absolute Gasteiger partial charge is 0.356 e. The molecule has 0 spiro atoms. The summed E-state index contributed by atoms with van der Waals surface area (Å²) in [5, 5.41) is 13.5. The molecule has 3 heterocycles. The van der Waals surface area contributed by atoms with E-state index in [-0.39, 0.29) is 0 Å². The van der Waals surface area contributed by atoms with E-state index in [4.69, 9.17) is 5.10 Å². The number of hydrogen-bond donors (Lipinski definition) is 3. The Balaban J connectivity index is 1.36. The number of pyridine rings is 1. The number of aromatic nitrogens is 4. The van der Waals surface area contributed by atoms with Gasteiger partial charge in [-0.3, -0.25) is 10.1 Å². The first-order valence-corrected chi connectivity index (χ1v) is 13.2. The van der Waals surface area contributed by atoms with E-state index >= 15 is 0 Å². The first-order valence-electron chi connectivity index (χ1n) is 13.2. The van der Waals surface area contributed by atoms with Crippen LogP contribution in [0.5, 0.6) is 0 Å². The zero-order chi connectivity index (χ0) is 27.5. The van der Waals surface area contributed by atoms with Gasteiger partial charge in [0.1, 0.15) is 5.69 Å². The Bertz CT molecular complexity index is 1900. The van der Waals surface area contributed by atoms with E-state index in [2.05, 4.69) is 88.2 Å². The number of H-pyrrole nitrogens is 2. The summed E-state index contributed by atoms with van der Waals surface area (Å²) >= 11 is 0. The van der Waals surface area contributed by atoms with E-state index in [1.54, 1.807) is 0 Å². The van der Waals surface area contributed by atoms with E-state index in [1.165, 1.54) is 0 Å². The minimum Gasteiger partial charge on any atom is -0.356 e. The van der Waals surface area contributed by atoms with E-state index in [1.807, 2.05) is 67.9 Å². The molecular formula is C35H29N5. The molecule has 3 aromatic carbocycles. The normalized spacial score (nSPS) is 12.1. The van der Waals surface area contributed by atoms with Crippen LogP contribution in [0.25, 0.3) is 55.6 Å². The first kappa shape index (κ1) is 24.9. The quantitative estimate of drug-likeness (QED) is 0.177. The topological polar surface area (TPSA) is 69.4 Å². The number of nitrogens with zero attached hydrogens (tertiary/aromatic N) is 2. The van der Waals surface area contributed by atoms with Gasteiger partial charge in [-0.2, -0.15) is 5.10 Å². The molecule has 0 unspecified atom stereocenters. The van der Waals surface area contributed by atoms with Crippen molar-refractivity contribution in [2.45, 2.75) is 6.92 Å². The molecule has 5 heteroatoms. The zero-order valence-electron chi connectivity index (χ0n) is 22.3. The molecule has 40 heavy (non-hydrogen) atoms. The number of rotatable bonds is 8. The molecule has 0 aliphatic rings. The third-order valence-corrected chi connectivity index (χ3v) is 7.07. The summed E-state index contributed by atoms with van der Waals surface area (Å²) in [6.07, 6.45) is 9.64. The molecular weight excluding hydrogens is 490 g/mol. The van der Waals surface area contributed by atoms with E-state index in [0.717, 1.165) is 72.4 Å². The Kier molecular flexibility index (Phi) is 6.69. The van der Waals surface area contributed by atoms with Crippen molar-refractivity contribution in [3.63, 3.8) is 0 Å². The van der Waals surface area contributed by atoms with Gasteiger partial charge in [-0.15, -0.1) is 0 Å². The molecule has 0 fully saturated rings. The van der Waals surface area contributed by atoms with Crippen molar-refractivity contribution in [2.75, 3.05) is 0 Å². The zero-order valence-corrected chi connectivity index (χ0v) is 22.3. The smallest absolute Gasteiger partial charge is 0.116 e. The van der Waals surface area contributed by atoms with E-state index in [0.29, 0.717) is 0 Å². The average Bonchev–Trinajstić information content (AvgIpc) is 3.64. The molecule has 0 saturated heterocycles. The Morgan fingerprint density at radius 2 is 1.68 bits per heavy atom. The van der Waals surface area contributed by atoms with Gasteiger partial charge in [0.25, 0.3) is 0 Å². The molecule has 5 nitrogen and oxygen atoms in total. The molecule has 3 aromatic heterocycles. The fourth-order valence-corrected chi connectivity index (χ4v) is 5.00.